The van der Waals surface area contributed by atoms with Crippen molar-refractivity contribution >= 4 is 17.8 Å². The zero-order valence-electron chi connectivity index (χ0n) is 14.7. The van der Waals surface area contributed by atoms with Crippen LogP contribution in [0.4, 0.5) is 4.79 Å². The summed E-state index contributed by atoms with van der Waals surface area (Å²) in [5.74, 6) is -0.673. The number of hydrogen-bond donors (Lipinski definition) is 2. The lowest BCUT2D eigenvalue weighted by Gasteiger charge is -2.23. The molecule has 2 rings (SSSR count). The van der Waals surface area contributed by atoms with Gasteiger partial charge in [-0.15, -0.1) is 0 Å². The van der Waals surface area contributed by atoms with Crippen LogP contribution in [0.3, 0.4) is 0 Å². The molecule has 1 atom stereocenters. The van der Waals surface area contributed by atoms with E-state index >= 15 is 0 Å². The number of carbonyl (C=O) groups excluding carboxylic acids is 3. The Balaban J connectivity index is 2.04. The number of carbonyl (C=O) groups is 3. The van der Waals surface area contributed by atoms with Gasteiger partial charge in [0.1, 0.15) is 12.1 Å². The Bertz CT molecular complexity index is 653. The SMILES string of the molecule is CCC1(CC)NC(=O)N(CC(=O)NC(C)c2ccccc2C)C1=O. The van der Waals surface area contributed by atoms with E-state index in [0.29, 0.717) is 12.8 Å². The summed E-state index contributed by atoms with van der Waals surface area (Å²) in [4.78, 5) is 37.9. The zero-order valence-corrected chi connectivity index (χ0v) is 14.7. The molecule has 0 bridgehead atoms. The van der Waals surface area contributed by atoms with E-state index in [1.807, 2.05) is 52.0 Å². The Morgan fingerprint density at radius 1 is 1.25 bits per heavy atom. The highest BCUT2D eigenvalue weighted by Gasteiger charge is 2.49. The van der Waals surface area contributed by atoms with Crippen LogP contribution in [-0.4, -0.2) is 34.8 Å². The number of amides is 4. The average molecular weight is 331 g/mol. The lowest BCUT2D eigenvalue weighted by atomic mass is 9.93. The number of nitrogens with zero attached hydrogens (tertiary/aromatic N) is 1. The summed E-state index contributed by atoms with van der Waals surface area (Å²) in [5, 5.41) is 5.58. The Morgan fingerprint density at radius 2 is 1.88 bits per heavy atom. The first-order valence-corrected chi connectivity index (χ1v) is 8.33. The first-order chi connectivity index (χ1) is 11.3. The third kappa shape index (κ3) is 3.27. The molecule has 6 heteroatoms. The largest absolute Gasteiger partial charge is 0.348 e. The van der Waals surface area contributed by atoms with Crippen LogP contribution in [0.1, 0.15) is 50.8 Å². The quantitative estimate of drug-likeness (QED) is 0.785. The van der Waals surface area contributed by atoms with Gasteiger partial charge in [0.05, 0.1) is 6.04 Å². The van der Waals surface area contributed by atoms with Gasteiger partial charge in [0.15, 0.2) is 0 Å². The van der Waals surface area contributed by atoms with Crippen LogP contribution in [0, 0.1) is 6.92 Å². The molecule has 1 heterocycles. The second-order valence-electron chi connectivity index (χ2n) is 6.26. The number of imide groups is 1. The molecule has 0 spiro atoms. The lowest BCUT2D eigenvalue weighted by molar-refractivity contribution is -0.135. The molecule has 0 saturated carbocycles. The lowest BCUT2D eigenvalue weighted by Crippen LogP contribution is -2.46. The van der Waals surface area contributed by atoms with Crippen molar-refractivity contribution in [2.24, 2.45) is 0 Å². The maximum Gasteiger partial charge on any atom is 0.325 e. The molecule has 1 aliphatic rings. The molecular formula is C18H25N3O3. The van der Waals surface area contributed by atoms with Crippen LogP contribution in [0.15, 0.2) is 24.3 Å². The summed E-state index contributed by atoms with van der Waals surface area (Å²) in [5.41, 5.74) is 1.22. The van der Waals surface area contributed by atoms with Gasteiger partial charge in [0, 0.05) is 0 Å². The van der Waals surface area contributed by atoms with E-state index < -0.39 is 11.6 Å². The van der Waals surface area contributed by atoms with Gasteiger partial charge in [-0.3, -0.25) is 14.5 Å². The Morgan fingerprint density at radius 3 is 2.42 bits per heavy atom. The molecule has 1 unspecified atom stereocenters. The monoisotopic (exact) mass is 331 g/mol. The smallest absolute Gasteiger partial charge is 0.325 e. The van der Waals surface area contributed by atoms with Crippen LogP contribution >= 0.6 is 0 Å². The molecule has 4 amide bonds. The van der Waals surface area contributed by atoms with Crippen LogP contribution < -0.4 is 10.6 Å². The van der Waals surface area contributed by atoms with Gasteiger partial charge in [-0.05, 0) is 37.8 Å². The first kappa shape index (κ1) is 18.0. The van der Waals surface area contributed by atoms with Gasteiger partial charge in [-0.25, -0.2) is 4.79 Å². The third-order valence-electron chi connectivity index (χ3n) is 4.79. The van der Waals surface area contributed by atoms with E-state index in [-0.39, 0.29) is 24.4 Å². The van der Waals surface area contributed by atoms with E-state index in [1.165, 1.54) is 0 Å². The molecule has 1 aromatic carbocycles. The summed E-state index contributed by atoms with van der Waals surface area (Å²) in [6.07, 6.45) is 1.01. The van der Waals surface area contributed by atoms with Crippen LogP contribution in [0.2, 0.25) is 0 Å². The van der Waals surface area contributed by atoms with Crippen molar-refractivity contribution in [3.63, 3.8) is 0 Å². The Hall–Kier alpha value is -2.37. The highest BCUT2D eigenvalue weighted by Crippen LogP contribution is 2.24. The minimum Gasteiger partial charge on any atom is -0.348 e. The molecule has 0 aliphatic carbocycles. The fourth-order valence-corrected chi connectivity index (χ4v) is 3.13. The van der Waals surface area contributed by atoms with E-state index in [1.54, 1.807) is 0 Å². The normalized spacial score (nSPS) is 17.6. The van der Waals surface area contributed by atoms with Gasteiger partial charge in [-0.2, -0.15) is 0 Å². The molecule has 6 nitrogen and oxygen atoms in total. The van der Waals surface area contributed by atoms with Gasteiger partial charge in [0.2, 0.25) is 5.91 Å². The van der Waals surface area contributed by atoms with Crippen molar-refractivity contribution in [2.45, 2.75) is 52.1 Å². The van der Waals surface area contributed by atoms with Crippen LogP contribution in [0.25, 0.3) is 0 Å². The standard InChI is InChI=1S/C18H25N3O3/c1-5-18(6-2)16(23)21(17(24)20-18)11-15(22)19-13(4)14-10-8-7-9-12(14)3/h7-10,13H,5-6,11H2,1-4H3,(H,19,22)(H,20,24). The van der Waals surface area contributed by atoms with Gasteiger partial charge in [0.25, 0.3) is 5.91 Å². The molecule has 0 radical (unpaired) electrons. The molecule has 1 aliphatic heterocycles. The fourth-order valence-electron chi connectivity index (χ4n) is 3.13. The first-order valence-electron chi connectivity index (χ1n) is 8.33. The molecular weight excluding hydrogens is 306 g/mol. The second kappa shape index (κ2) is 7.03. The molecule has 24 heavy (non-hydrogen) atoms. The van der Waals surface area contributed by atoms with E-state index in [2.05, 4.69) is 10.6 Å². The van der Waals surface area contributed by atoms with Gasteiger partial charge in [-0.1, -0.05) is 38.1 Å². The summed E-state index contributed by atoms with van der Waals surface area (Å²) in [7, 11) is 0. The molecule has 130 valence electrons. The Kier molecular flexibility index (Phi) is 5.26. The van der Waals surface area contributed by atoms with Crippen molar-refractivity contribution in [3.05, 3.63) is 35.4 Å². The minimum absolute atomic E-state index is 0.193. The van der Waals surface area contributed by atoms with Crippen molar-refractivity contribution in [2.75, 3.05) is 6.54 Å². The predicted molar refractivity (Wildman–Crippen MR) is 91.3 cm³/mol. The molecule has 0 aromatic heterocycles. The number of hydrogen-bond acceptors (Lipinski definition) is 3. The summed E-state index contributed by atoms with van der Waals surface area (Å²) in [6.45, 7) is 7.31. The summed E-state index contributed by atoms with van der Waals surface area (Å²) < 4.78 is 0. The minimum atomic E-state index is -0.876. The van der Waals surface area contributed by atoms with Gasteiger partial charge < -0.3 is 10.6 Å². The van der Waals surface area contributed by atoms with Crippen molar-refractivity contribution < 1.29 is 14.4 Å². The highest BCUT2D eigenvalue weighted by molar-refractivity contribution is 6.09. The summed E-state index contributed by atoms with van der Waals surface area (Å²) >= 11 is 0. The topological polar surface area (TPSA) is 78.5 Å². The van der Waals surface area contributed by atoms with Crippen molar-refractivity contribution in [1.29, 1.82) is 0 Å². The number of nitrogens with one attached hydrogen (secondary N) is 2. The average Bonchev–Trinajstić information content (AvgIpc) is 2.79. The fraction of sp³-hybridized carbons (Fsp3) is 0.500. The van der Waals surface area contributed by atoms with Crippen LogP contribution in [-0.2, 0) is 9.59 Å². The molecule has 2 N–H and O–H groups in total. The maximum atomic E-state index is 12.5. The van der Waals surface area contributed by atoms with E-state index in [9.17, 15) is 14.4 Å². The Labute approximate surface area is 142 Å². The van der Waals surface area contributed by atoms with E-state index in [0.717, 1.165) is 16.0 Å². The van der Waals surface area contributed by atoms with Crippen LogP contribution in [0.5, 0.6) is 0 Å². The molecule has 1 fully saturated rings. The van der Waals surface area contributed by atoms with Gasteiger partial charge >= 0.3 is 6.03 Å². The second-order valence-corrected chi connectivity index (χ2v) is 6.26. The zero-order chi connectivity index (χ0) is 17.9. The van der Waals surface area contributed by atoms with Crippen molar-refractivity contribution in [3.8, 4) is 0 Å². The molecule has 1 saturated heterocycles. The van der Waals surface area contributed by atoms with E-state index in [4.69, 9.17) is 0 Å². The number of rotatable bonds is 6. The molecule has 1 aromatic rings. The predicted octanol–water partition coefficient (Wildman–Crippen LogP) is 2.28. The maximum absolute atomic E-state index is 12.5. The number of aryl methyl sites for hydroxylation is 1. The third-order valence-corrected chi connectivity index (χ3v) is 4.79. The van der Waals surface area contributed by atoms with Crippen molar-refractivity contribution in [1.82, 2.24) is 15.5 Å². The number of benzene rings is 1. The summed E-state index contributed by atoms with van der Waals surface area (Å²) in [6, 6.07) is 7.10. The number of urea groups is 1. The highest BCUT2D eigenvalue weighted by atomic mass is 16.2.